The minimum absolute atomic E-state index is 0.336. The van der Waals surface area contributed by atoms with Crippen molar-refractivity contribution in [3.8, 4) is 5.75 Å². The fourth-order valence-electron chi connectivity index (χ4n) is 3.60. The number of benzene rings is 1. The van der Waals surface area contributed by atoms with E-state index < -0.39 is 0 Å². The van der Waals surface area contributed by atoms with Gasteiger partial charge in [0.05, 0.1) is 12.1 Å². The van der Waals surface area contributed by atoms with Crippen LogP contribution in [0.4, 0.5) is 0 Å². The van der Waals surface area contributed by atoms with E-state index in [0.29, 0.717) is 29.4 Å². The Morgan fingerprint density at radius 2 is 2.14 bits per heavy atom. The Hall–Kier alpha value is -0.770. The molecule has 0 spiro atoms. The summed E-state index contributed by atoms with van der Waals surface area (Å²) in [6.07, 6.45) is 3.81. The molecule has 0 radical (unpaired) electrons. The van der Waals surface area contributed by atoms with E-state index in [1.165, 1.54) is 31.4 Å². The number of rotatable bonds is 6. The van der Waals surface area contributed by atoms with Crippen LogP contribution in [0.25, 0.3) is 0 Å². The van der Waals surface area contributed by atoms with Gasteiger partial charge in [-0.25, -0.2) is 0 Å². The monoisotopic (exact) mass is 324 g/mol. The Bertz CT molecular complexity index is 478. The molecule has 1 aromatic rings. The molecule has 2 rings (SSSR count). The van der Waals surface area contributed by atoms with Gasteiger partial charge in [0.2, 0.25) is 0 Å². The van der Waals surface area contributed by atoms with Crippen LogP contribution in [-0.4, -0.2) is 37.7 Å². The first-order valence-electron chi connectivity index (χ1n) is 8.34. The first-order chi connectivity index (χ1) is 10.6. The highest BCUT2D eigenvalue weighted by atomic mass is 35.5. The molecule has 2 N–H and O–H groups in total. The number of hydrogen-bond donors (Lipinski definition) is 1. The van der Waals surface area contributed by atoms with Crippen LogP contribution in [0.3, 0.4) is 0 Å². The van der Waals surface area contributed by atoms with Crippen molar-refractivity contribution >= 4 is 11.6 Å². The Kier molecular flexibility index (Phi) is 6.54. The lowest BCUT2D eigenvalue weighted by Gasteiger charge is -2.41. The van der Waals surface area contributed by atoms with Crippen molar-refractivity contribution < 1.29 is 4.74 Å². The molecule has 0 bridgehead atoms. The molecule has 0 amide bonds. The Labute approximate surface area is 139 Å². The van der Waals surface area contributed by atoms with Gasteiger partial charge in [-0.3, -0.25) is 4.90 Å². The zero-order valence-electron chi connectivity index (χ0n) is 14.0. The number of methoxy groups -OCH3 is 1. The standard InChI is InChI=1S/C18H29ClN2O/c1-13(2)12-21-9-5-4-6-17(21)15(11-20)14-7-8-18(22-3)16(19)10-14/h7-8,10,13,15,17H,4-6,9,11-12,20H2,1-3H3. The number of nitrogens with zero attached hydrogens (tertiary/aromatic N) is 1. The summed E-state index contributed by atoms with van der Waals surface area (Å²) in [4.78, 5) is 2.63. The summed E-state index contributed by atoms with van der Waals surface area (Å²) in [6.45, 7) is 7.55. The maximum Gasteiger partial charge on any atom is 0.137 e. The fraction of sp³-hybridized carbons (Fsp3) is 0.667. The zero-order valence-corrected chi connectivity index (χ0v) is 14.8. The summed E-state index contributed by atoms with van der Waals surface area (Å²) >= 11 is 6.31. The summed E-state index contributed by atoms with van der Waals surface area (Å²) in [6, 6.07) is 6.62. The second-order valence-corrected chi connectivity index (χ2v) is 7.10. The van der Waals surface area contributed by atoms with Crippen LogP contribution in [-0.2, 0) is 0 Å². The third-order valence-corrected chi connectivity index (χ3v) is 4.88. The van der Waals surface area contributed by atoms with Gasteiger partial charge >= 0.3 is 0 Å². The second kappa shape index (κ2) is 8.19. The molecule has 2 unspecified atom stereocenters. The molecular weight excluding hydrogens is 296 g/mol. The smallest absolute Gasteiger partial charge is 0.137 e. The first kappa shape index (κ1) is 17.6. The maximum absolute atomic E-state index is 6.31. The van der Waals surface area contributed by atoms with Crippen molar-refractivity contribution in [1.82, 2.24) is 4.90 Å². The van der Waals surface area contributed by atoms with Gasteiger partial charge in [0.1, 0.15) is 5.75 Å². The molecular formula is C18H29ClN2O. The zero-order chi connectivity index (χ0) is 16.1. The normalized spacial score (nSPS) is 21.1. The Morgan fingerprint density at radius 3 is 2.73 bits per heavy atom. The maximum atomic E-state index is 6.31. The number of likely N-dealkylation sites (tertiary alicyclic amines) is 1. The van der Waals surface area contributed by atoms with Crippen molar-refractivity contribution in [3.63, 3.8) is 0 Å². The van der Waals surface area contributed by atoms with E-state index in [4.69, 9.17) is 22.1 Å². The van der Waals surface area contributed by atoms with Crippen molar-refractivity contribution in [2.75, 3.05) is 26.7 Å². The predicted molar refractivity (Wildman–Crippen MR) is 93.8 cm³/mol. The lowest BCUT2D eigenvalue weighted by molar-refractivity contribution is 0.112. The molecule has 1 heterocycles. The van der Waals surface area contributed by atoms with Crippen LogP contribution in [0.1, 0.15) is 44.6 Å². The first-order valence-corrected chi connectivity index (χ1v) is 8.72. The lowest BCUT2D eigenvalue weighted by atomic mass is 9.84. The molecule has 1 fully saturated rings. The minimum atomic E-state index is 0.336. The molecule has 1 aromatic carbocycles. The van der Waals surface area contributed by atoms with Crippen molar-refractivity contribution in [2.45, 2.75) is 45.1 Å². The summed E-state index contributed by atoms with van der Waals surface area (Å²) < 4.78 is 5.26. The molecule has 2 atom stereocenters. The number of ether oxygens (including phenoxy) is 1. The Morgan fingerprint density at radius 1 is 1.36 bits per heavy atom. The average Bonchev–Trinajstić information content (AvgIpc) is 2.49. The Balaban J connectivity index is 2.23. The molecule has 124 valence electrons. The largest absolute Gasteiger partial charge is 0.495 e. The van der Waals surface area contributed by atoms with E-state index in [2.05, 4.69) is 24.8 Å². The molecule has 1 aliphatic rings. The predicted octanol–water partition coefficient (Wildman–Crippen LogP) is 3.90. The van der Waals surface area contributed by atoms with Gasteiger partial charge in [-0.15, -0.1) is 0 Å². The summed E-state index contributed by atoms with van der Waals surface area (Å²) in [5.74, 6) is 1.74. The summed E-state index contributed by atoms with van der Waals surface area (Å²) in [7, 11) is 1.65. The minimum Gasteiger partial charge on any atom is -0.495 e. The van der Waals surface area contributed by atoms with Crippen LogP contribution in [0.5, 0.6) is 5.75 Å². The fourth-order valence-corrected chi connectivity index (χ4v) is 3.86. The number of nitrogens with two attached hydrogens (primary N) is 1. The topological polar surface area (TPSA) is 38.5 Å². The van der Waals surface area contributed by atoms with Crippen LogP contribution >= 0.6 is 11.6 Å². The van der Waals surface area contributed by atoms with E-state index in [1.54, 1.807) is 7.11 Å². The van der Waals surface area contributed by atoms with Gasteiger partial charge in [-0.05, 0) is 43.0 Å². The lowest BCUT2D eigenvalue weighted by Crippen LogP contribution is -2.46. The summed E-state index contributed by atoms with van der Waals surface area (Å²) in [5.41, 5.74) is 7.38. The molecule has 0 aliphatic carbocycles. The number of hydrogen-bond acceptors (Lipinski definition) is 3. The molecule has 22 heavy (non-hydrogen) atoms. The average molecular weight is 325 g/mol. The van der Waals surface area contributed by atoms with Gasteiger partial charge in [0, 0.05) is 25.0 Å². The SMILES string of the molecule is COc1ccc(C(CN)C2CCCCN2CC(C)C)cc1Cl. The van der Waals surface area contributed by atoms with Gasteiger partial charge < -0.3 is 10.5 Å². The van der Waals surface area contributed by atoms with Crippen molar-refractivity contribution in [3.05, 3.63) is 28.8 Å². The highest BCUT2D eigenvalue weighted by Crippen LogP contribution is 2.34. The van der Waals surface area contributed by atoms with Gasteiger partial charge in [-0.2, -0.15) is 0 Å². The highest BCUT2D eigenvalue weighted by molar-refractivity contribution is 6.32. The number of halogens is 1. The third-order valence-electron chi connectivity index (χ3n) is 4.59. The van der Waals surface area contributed by atoms with E-state index in [9.17, 15) is 0 Å². The number of piperidine rings is 1. The van der Waals surface area contributed by atoms with Crippen molar-refractivity contribution in [1.29, 1.82) is 0 Å². The van der Waals surface area contributed by atoms with Gasteiger partial charge in [0.15, 0.2) is 0 Å². The van der Waals surface area contributed by atoms with Crippen LogP contribution in [0, 0.1) is 5.92 Å². The van der Waals surface area contributed by atoms with E-state index in [1.807, 2.05) is 12.1 Å². The molecule has 0 aromatic heterocycles. The summed E-state index contributed by atoms with van der Waals surface area (Å²) in [5, 5.41) is 0.671. The molecule has 1 saturated heterocycles. The van der Waals surface area contributed by atoms with Crippen molar-refractivity contribution in [2.24, 2.45) is 11.7 Å². The highest BCUT2D eigenvalue weighted by Gasteiger charge is 2.30. The van der Waals surface area contributed by atoms with Gasteiger partial charge in [-0.1, -0.05) is 37.9 Å². The van der Waals surface area contributed by atoms with Gasteiger partial charge in [0.25, 0.3) is 0 Å². The van der Waals surface area contributed by atoms with Crippen LogP contribution < -0.4 is 10.5 Å². The quantitative estimate of drug-likeness (QED) is 0.862. The van der Waals surface area contributed by atoms with Crippen LogP contribution in [0.2, 0.25) is 5.02 Å². The molecule has 1 aliphatic heterocycles. The van der Waals surface area contributed by atoms with Crippen LogP contribution in [0.15, 0.2) is 18.2 Å². The molecule has 0 saturated carbocycles. The van der Waals surface area contributed by atoms with E-state index in [-0.39, 0.29) is 0 Å². The molecule has 3 nitrogen and oxygen atoms in total. The molecule has 4 heteroatoms. The third kappa shape index (κ3) is 4.15. The van der Waals surface area contributed by atoms with E-state index in [0.717, 1.165) is 12.3 Å². The van der Waals surface area contributed by atoms with E-state index >= 15 is 0 Å². The second-order valence-electron chi connectivity index (χ2n) is 6.69.